The highest BCUT2D eigenvalue weighted by molar-refractivity contribution is 7.45. The fourth-order valence-electron chi connectivity index (χ4n) is 3.35. The topological polar surface area (TPSA) is 62.5 Å². The molecule has 0 aliphatic heterocycles. The van der Waals surface area contributed by atoms with Gasteiger partial charge in [0.25, 0.3) is 7.82 Å². The Morgan fingerprint density at radius 1 is 0.690 bits per heavy atom. The summed E-state index contributed by atoms with van der Waals surface area (Å²) in [5.74, 6) is 0. The molecule has 1 aromatic rings. The van der Waals surface area contributed by atoms with Crippen molar-refractivity contribution in [3.63, 3.8) is 0 Å². The minimum absolute atomic E-state index is 0.0915. The molecule has 5 nitrogen and oxygen atoms in total. The lowest BCUT2D eigenvalue weighted by molar-refractivity contribution is -0.697. The van der Waals surface area contributed by atoms with Crippen molar-refractivity contribution < 1.29 is 23.1 Å². The summed E-state index contributed by atoms with van der Waals surface area (Å²) < 4.78 is 23.4. The number of pyridine rings is 1. The largest absolute Gasteiger partial charge is 0.756 e. The van der Waals surface area contributed by atoms with Gasteiger partial charge in [-0.1, -0.05) is 96.5 Å². The van der Waals surface area contributed by atoms with E-state index < -0.39 is 7.82 Å². The van der Waals surface area contributed by atoms with Crippen molar-refractivity contribution in [1.82, 2.24) is 0 Å². The average Bonchev–Trinajstić information content (AvgIpc) is 2.71. The maximum Gasteiger partial charge on any atom is 0.268 e. The smallest absolute Gasteiger partial charge is 0.268 e. The van der Waals surface area contributed by atoms with Crippen molar-refractivity contribution in [1.29, 1.82) is 0 Å². The van der Waals surface area contributed by atoms with E-state index in [1.807, 2.05) is 35.2 Å². The van der Waals surface area contributed by atoms with Gasteiger partial charge in [0.05, 0.1) is 6.61 Å². The molecule has 0 saturated heterocycles. The van der Waals surface area contributed by atoms with E-state index >= 15 is 0 Å². The average molecular weight is 428 g/mol. The highest BCUT2D eigenvalue weighted by Gasteiger charge is 2.10. The molecule has 1 aromatic heterocycles. The molecule has 168 valence electrons. The van der Waals surface area contributed by atoms with Crippen LogP contribution in [0.1, 0.15) is 96.8 Å². The van der Waals surface area contributed by atoms with E-state index in [0.717, 1.165) is 19.3 Å². The molecule has 1 unspecified atom stereocenters. The van der Waals surface area contributed by atoms with E-state index in [1.54, 1.807) is 0 Å². The molecule has 0 spiro atoms. The van der Waals surface area contributed by atoms with Crippen molar-refractivity contribution in [2.45, 2.75) is 103 Å². The Morgan fingerprint density at radius 3 is 1.66 bits per heavy atom. The van der Waals surface area contributed by atoms with Gasteiger partial charge in [0, 0.05) is 12.1 Å². The van der Waals surface area contributed by atoms with Gasteiger partial charge in [0.15, 0.2) is 18.9 Å². The molecular weight excluding hydrogens is 385 g/mol. The Balaban J connectivity index is 1.84. The van der Waals surface area contributed by atoms with Crippen LogP contribution in [0.15, 0.2) is 30.6 Å². The number of aromatic nitrogens is 1. The molecule has 0 aliphatic rings. The van der Waals surface area contributed by atoms with Gasteiger partial charge in [0.1, 0.15) is 6.61 Å². The molecule has 0 bridgehead atoms. The molecule has 0 aromatic carbocycles. The predicted octanol–water partition coefficient (Wildman–Crippen LogP) is 5.96. The van der Waals surface area contributed by atoms with Gasteiger partial charge >= 0.3 is 0 Å². The molecule has 1 heterocycles. The molecule has 1 rings (SSSR count). The number of unbranched alkanes of at least 4 members (excludes halogenated alkanes) is 13. The van der Waals surface area contributed by atoms with Gasteiger partial charge in [-0.15, -0.1) is 0 Å². The number of rotatable bonds is 20. The fourth-order valence-corrected chi connectivity index (χ4v) is 4.08. The van der Waals surface area contributed by atoms with E-state index in [0.29, 0.717) is 6.54 Å². The maximum absolute atomic E-state index is 11.7. The molecule has 1 atom stereocenters. The van der Waals surface area contributed by atoms with Crippen LogP contribution in [0.25, 0.3) is 0 Å². The first-order valence-corrected chi connectivity index (χ1v) is 13.1. The third kappa shape index (κ3) is 16.7. The Labute approximate surface area is 178 Å². The van der Waals surface area contributed by atoms with Gasteiger partial charge in [-0.05, 0) is 6.42 Å². The van der Waals surface area contributed by atoms with Gasteiger partial charge < -0.3 is 13.9 Å². The Hall–Kier alpha value is -0.740. The Morgan fingerprint density at radius 2 is 1.14 bits per heavy atom. The summed E-state index contributed by atoms with van der Waals surface area (Å²) in [6, 6.07) is 5.70. The number of phosphoric ester groups is 1. The molecule has 0 fully saturated rings. The van der Waals surface area contributed by atoms with Crippen molar-refractivity contribution in [3.05, 3.63) is 30.6 Å². The first kappa shape index (κ1) is 26.3. The second kappa shape index (κ2) is 18.1. The summed E-state index contributed by atoms with van der Waals surface area (Å²) >= 11 is 0. The number of phosphoric acid groups is 1. The van der Waals surface area contributed by atoms with Crippen LogP contribution in [0, 0.1) is 0 Å². The van der Waals surface area contributed by atoms with E-state index in [-0.39, 0.29) is 13.2 Å². The standard InChI is InChI=1S/C23H42NO4P/c1-2-3-4-5-6-7-8-9-10-11-12-13-14-18-22-27-29(25,26)28-23-21-24-19-16-15-17-20-24/h15-17,19-20H,2-14,18,21-23H2,1H3. The van der Waals surface area contributed by atoms with Crippen molar-refractivity contribution in [2.24, 2.45) is 0 Å². The summed E-state index contributed by atoms with van der Waals surface area (Å²) in [5.41, 5.74) is 0. The molecular formula is C23H42NO4P. The quantitative estimate of drug-likeness (QED) is 0.146. The van der Waals surface area contributed by atoms with Crippen LogP contribution in [-0.4, -0.2) is 13.2 Å². The fraction of sp³-hybridized carbons (Fsp3) is 0.783. The van der Waals surface area contributed by atoms with E-state index in [2.05, 4.69) is 6.92 Å². The minimum Gasteiger partial charge on any atom is -0.756 e. The minimum atomic E-state index is -4.18. The zero-order valence-corrected chi connectivity index (χ0v) is 19.3. The molecule has 0 N–H and O–H groups in total. The lowest BCUT2D eigenvalue weighted by Crippen LogP contribution is -2.34. The molecule has 0 aliphatic carbocycles. The van der Waals surface area contributed by atoms with Crippen LogP contribution in [0.2, 0.25) is 0 Å². The summed E-state index contributed by atoms with van der Waals surface area (Å²) in [7, 11) is -4.18. The van der Waals surface area contributed by atoms with Crippen LogP contribution in [0.5, 0.6) is 0 Å². The maximum atomic E-state index is 11.7. The van der Waals surface area contributed by atoms with E-state index in [4.69, 9.17) is 9.05 Å². The highest BCUT2D eigenvalue weighted by Crippen LogP contribution is 2.38. The third-order valence-electron chi connectivity index (χ3n) is 5.12. The zero-order valence-electron chi connectivity index (χ0n) is 18.4. The summed E-state index contributed by atoms with van der Waals surface area (Å²) in [6.07, 6.45) is 21.6. The van der Waals surface area contributed by atoms with Crippen LogP contribution in [0.4, 0.5) is 0 Å². The Kier molecular flexibility index (Phi) is 16.4. The monoisotopic (exact) mass is 427 g/mol. The Bertz CT molecular complexity index is 527. The van der Waals surface area contributed by atoms with Crippen molar-refractivity contribution >= 4 is 7.82 Å². The first-order chi connectivity index (χ1) is 14.1. The van der Waals surface area contributed by atoms with Crippen LogP contribution in [0.3, 0.4) is 0 Å². The predicted molar refractivity (Wildman–Crippen MR) is 116 cm³/mol. The normalized spacial score (nSPS) is 13.4. The molecule has 0 amide bonds. The SMILES string of the molecule is CCCCCCCCCCCCCCCCOP(=O)([O-])OCC[n+]1ccccc1. The van der Waals surface area contributed by atoms with Gasteiger partial charge in [-0.2, -0.15) is 0 Å². The number of hydrogen-bond donors (Lipinski definition) is 0. The zero-order chi connectivity index (χ0) is 21.0. The molecule has 0 saturated carbocycles. The number of hydrogen-bond acceptors (Lipinski definition) is 4. The van der Waals surface area contributed by atoms with Crippen LogP contribution >= 0.6 is 7.82 Å². The lowest BCUT2D eigenvalue weighted by atomic mass is 10.0. The van der Waals surface area contributed by atoms with Gasteiger partial charge in [0.2, 0.25) is 0 Å². The van der Waals surface area contributed by atoms with E-state index in [9.17, 15) is 9.46 Å². The second-order valence-corrected chi connectivity index (χ2v) is 9.23. The summed E-state index contributed by atoms with van der Waals surface area (Å²) in [5, 5.41) is 0. The third-order valence-corrected chi connectivity index (χ3v) is 6.12. The van der Waals surface area contributed by atoms with Crippen molar-refractivity contribution in [3.8, 4) is 0 Å². The highest BCUT2D eigenvalue weighted by atomic mass is 31.2. The first-order valence-electron chi connectivity index (χ1n) is 11.7. The molecule has 6 heteroatoms. The van der Waals surface area contributed by atoms with E-state index in [1.165, 1.54) is 70.6 Å². The number of nitrogens with zero attached hydrogens (tertiary/aromatic N) is 1. The van der Waals surface area contributed by atoms with Crippen LogP contribution in [-0.2, 0) is 20.2 Å². The summed E-state index contributed by atoms with van der Waals surface area (Å²) in [6.45, 7) is 3.05. The lowest BCUT2D eigenvalue weighted by Gasteiger charge is -2.21. The molecule has 29 heavy (non-hydrogen) atoms. The summed E-state index contributed by atoms with van der Waals surface area (Å²) in [4.78, 5) is 11.7. The molecule has 0 radical (unpaired) electrons. The van der Waals surface area contributed by atoms with Crippen LogP contribution < -0.4 is 9.46 Å². The van der Waals surface area contributed by atoms with Gasteiger partial charge in [-0.3, -0.25) is 4.57 Å². The van der Waals surface area contributed by atoms with Gasteiger partial charge in [-0.25, -0.2) is 4.57 Å². The van der Waals surface area contributed by atoms with Crippen molar-refractivity contribution in [2.75, 3.05) is 13.2 Å². The second-order valence-electron chi connectivity index (χ2n) is 7.82.